The summed E-state index contributed by atoms with van der Waals surface area (Å²) in [6, 6.07) is 10.2. The van der Waals surface area contributed by atoms with Gasteiger partial charge >= 0.3 is 0 Å². The number of halogens is 1. The third kappa shape index (κ3) is 3.33. The van der Waals surface area contributed by atoms with Gasteiger partial charge in [0.2, 0.25) is 5.96 Å². The van der Waals surface area contributed by atoms with Crippen molar-refractivity contribution in [1.29, 1.82) is 10.5 Å². The number of aliphatic imine (C=N–C) groups is 1. The lowest BCUT2D eigenvalue weighted by Gasteiger charge is -2.32. The van der Waals surface area contributed by atoms with Crippen LogP contribution in [0, 0.1) is 28.5 Å². The van der Waals surface area contributed by atoms with Crippen LogP contribution in [-0.4, -0.2) is 28.1 Å². The molecule has 0 aliphatic carbocycles. The molecule has 0 unspecified atom stereocenters. The maximum absolute atomic E-state index is 14.9. The number of rotatable bonds is 2. The van der Waals surface area contributed by atoms with Crippen LogP contribution >= 0.6 is 0 Å². The number of nitrogens with zero attached hydrogens (tertiary/aromatic N) is 3. The lowest BCUT2D eigenvalue weighted by Crippen LogP contribution is -2.51. The molecule has 1 heterocycles. The maximum atomic E-state index is 14.9. The minimum atomic E-state index is -0.886. The maximum Gasteiger partial charge on any atom is 0.284 e. The Morgan fingerprint density at radius 3 is 2.20 bits per heavy atom. The van der Waals surface area contributed by atoms with Gasteiger partial charge in [-0.15, -0.1) is 0 Å². The van der Waals surface area contributed by atoms with Gasteiger partial charge in [-0.2, -0.15) is 15.5 Å². The van der Waals surface area contributed by atoms with E-state index in [2.05, 4.69) is 15.6 Å². The van der Waals surface area contributed by atoms with Crippen LogP contribution in [0.2, 0.25) is 0 Å². The minimum Gasteiger partial charge on any atom is -0.507 e. The smallest absolute Gasteiger partial charge is 0.284 e. The van der Waals surface area contributed by atoms with Gasteiger partial charge in [0.15, 0.2) is 0 Å². The number of phenols is 1. The first-order valence-corrected chi connectivity index (χ1v) is 9.17. The second-order valence-electron chi connectivity index (χ2n) is 8.04. The number of nitriles is 2. The van der Waals surface area contributed by atoms with Gasteiger partial charge in [0, 0.05) is 11.1 Å². The predicted octanol–water partition coefficient (Wildman–Crippen LogP) is 3.19. The number of aromatic hydroxyl groups is 1. The highest BCUT2D eigenvalue weighted by molar-refractivity contribution is 6.10. The van der Waals surface area contributed by atoms with E-state index in [0.717, 1.165) is 0 Å². The molecule has 2 aromatic rings. The zero-order valence-electron chi connectivity index (χ0n) is 17.0. The molecule has 1 aliphatic rings. The van der Waals surface area contributed by atoms with Gasteiger partial charge in [-0.1, -0.05) is 12.1 Å². The summed E-state index contributed by atoms with van der Waals surface area (Å²) in [5.74, 6) is -1.99. The molecule has 3 rings (SSSR count). The number of phenolic OH excluding ortho intramolecular Hbond substituents is 1. The van der Waals surface area contributed by atoms with Gasteiger partial charge in [0.25, 0.3) is 5.91 Å². The van der Waals surface area contributed by atoms with Crippen molar-refractivity contribution in [3.63, 3.8) is 0 Å². The average molecular weight is 405 g/mol. The van der Waals surface area contributed by atoms with Crippen LogP contribution in [0.25, 0.3) is 11.1 Å². The molecule has 3 N–H and O–H groups in total. The Morgan fingerprint density at radius 2 is 1.63 bits per heavy atom. The molecule has 1 aliphatic heterocycles. The van der Waals surface area contributed by atoms with Crippen LogP contribution < -0.4 is 10.6 Å². The van der Waals surface area contributed by atoms with E-state index in [1.54, 1.807) is 6.07 Å². The highest BCUT2D eigenvalue weighted by atomic mass is 19.1. The Balaban J connectivity index is 2.21. The van der Waals surface area contributed by atoms with Gasteiger partial charge in [-0.25, -0.2) is 4.39 Å². The summed E-state index contributed by atoms with van der Waals surface area (Å²) in [6.45, 7) is 7.76. The molecule has 152 valence electrons. The quantitative estimate of drug-likeness (QED) is 0.705. The van der Waals surface area contributed by atoms with E-state index in [1.165, 1.54) is 30.3 Å². The summed E-state index contributed by atoms with van der Waals surface area (Å²) in [4.78, 5) is 17.1. The third-order valence-corrected chi connectivity index (χ3v) is 5.54. The Bertz CT molecular complexity index is 1150. The standard InChI is InChI=1S/C22H20FN5O2/c1-21(2)22(3,4)28-20(27-21)26-19(30)17-15(29)9-8-12(10-24)16(17)14-7-5-6-13(11-25)18(14)23/h5-9,29H,1-4H3,(H2,26,27,28,30). The van der Waals surface area contributed by atoms with E-state index in [9.17, 15) is 19.6 Å². The van der Waals surface area contributed by atoms with Gasteiger partial charge in [0.1, 0.15) is 17.6 Å². The number of hydrogen-bond donors (Lipinski definition) is 3. The molecule has 1 amide bonds. The van der Waals surface area contributed by atoms with Crippen molar-refractivity contribution in [3.05, 3.63) is 52.8 Å². The van der Waals surface area contributed by atoms with E-state index in [0.29, 0.717) is 0 Å². The van der Waals surface area contributed by atoms with E-state index in [-0.39, 0.29) is 33.8 Å². The van der Waals surface area contributed by atoms with Crippen LogP contribution in [-0.2, 0) is 0 Å². The summed E-state index contributed by atoms with van der Waals surface area (Å²) in [5, 5.41) is 35.3. The van der Waals surface area contributed by atoms with Crippen LogP contribution in [0.15, 0.2) is 35.3 Å². The van der Waals surface area contributed by atoms with E-state index in [1.807, 2.05) is 33.8 Å². The van der Waals surface area contributed by atoms with Gasteiger partial charge < -0.3 is 15.7 Å². The first-order valence-electron chi connectivity index (χ1n) is 9.17. The molecule has 1 fully saturated rings. The fourth-order valence-corrected chi connectivity index (χ4v) is 3.14. The molecular formula is C22H20FN5O2. The van der Waals surface area contributed by atoms with Gasteiger partial charge in [0.05, 0.1) is 33.8 Å². The summed E-state index contributed by atoms with van der Waals surface area (Å²) in [7, 11) is 0. The normalized spacial score (nSPS) is 16.0. The third-order valence-electron chi connectivity index (χ3n) is 5.54. The molecule has 0 spiro atoms. The highest BCUT2D eigenvalue weighted by Crippen LogP contribution is 2.36. The largest absolute Gasteiger partial charge is 0.507 e. The lowest BCUT2D eigenvalue weighted by atomic mass is 9.85. The predicted molar refractivity (Wildman–Crippen MR) is 109 cm³/mol. The van der Waals surface area contributed by atoms with E-state index in [4.69, 9.17) is 5.26 Å². The van der Waals surface area contributed by atoms with Crippen molar-refractivity contribution in [1.82, 2.24) is 10.6 Å². The second kappa shape index (κ2) is 7.16. The topological polar surface area (TPSA) is 121 Å². The zero-order valence-corrected chi connectivity index (χ0v) is 17.0. The fourth-order valence-electron chi connectivity index (χ4n) is 3.14. The van der Waals surface area contributed by atoms with Crippen molar-refractivity contribution < 1.29 is 14.3 Å². The molecule has 0 atom stereocenters. The van der Waals surface area contributed by atoms with Crippen molar-refractivity contribution in [2.45, 2.75) is 38.8 Å². The Kier molecular flexibility index (Phi) is 4.97. The summed E-state index contributed by atoms with van der Waals surface area (Å²) in [6.07, 6.45) is 0. The second-order valence-corrected chi connectivity index (χ2v) is 8.04. The highest BCUT2D eigenvalue weighted by Gasteiger charge is 2.44. The van der Waals surface area contributed by atoms with Crippen LogP contribution in [0.1, 0.15) is 49.2 Å². The van der Waals surface area contributed by atoms with E-state index >= 15 is 0 Å². The van der Waals surface area contributed by atoms with Crippen LogP contribution in [0.4, 0.5) is 4.39 Å². The van der Waals surface area contributed by atoms with Crippen molar-refractivity contribution in [3.8, 4) is 29.0 Å². The van der Waals surface area contributed by atoms with Crippen LogP contribution in [0.5, 0.6) is 5.75 Å². The number of benzene rings is 2. The number of guanidine groups is 1. The number of carbonyl (C=O) groups is 1. The Labute approximate surface area is 173 Å². The first-order chi connectivity index (χ1) is 14.0. The summed E-state index contributed by atoms with van der Waals surface area (Å²) in [5.41, 5.74) is -1.68. The first kappa shape index (κ1) is 20.8. The fraction of sp³-hybridized carbons (Fsp3) is 0.273. The molecule has 0 radical (unpaired) electrons. The molecule has 0 saturated carbocycles. The van der Waals surface area contributed by atoms with Gasteiger partial charge in [-0.3, -0.25) is 4.79 Å². The monoisotopic (exact) mass is 405 g/mol. The number of hydrogen-bond acceptors (Lipinski definition) is 4. The molecule has 30 heavy (non-hydrogen) atoms. The Morgan fingerprint density at radius 1 is 1.03 bits per heavy atom. The molecule has 1 saturated heterocycles. The lowest BCUT2D eigenvalue weighted by molar-refractivity contribution is 0.100. The molecule has 0 bridgehead atoms. The SMILES string of the molecule is CC1(C)NC(=NC(=O)c2c(O)ccc(C#N)c2-c2cccc(C#N)c2F)NC1(C)C. The molecular weight excluding hydrogens is 385 g/mol. The van der Waals surface area contributed by atoms with Crippen molar-refractivity contribution >= 4 is 11.9 Å². The van der Waals surface area contributed by atoms with E-state index < -0.39 is 28.6 Å². The number of carbonyl (C=O) groups excluding carboxylic acids is 1. The molecule has 8 heteroatoms. The number of amides is 1. The summed E-state index contributed by atoms with van der Waals surface area (Å²) >= 11 is 0. The molecule has 7 nitrogen and oxygen atoms in total. The molecule has 2 aromatic carbocycles. The average Bonchev–Trinajstić information content (AvgIpc) is 2.87. The zero-order chi connectivity index (χ0) is 22.3. The number of nitrogens with one attached hydrogen (secondary N) is 2. The van der Waals surface area contributed by atoms with Crippen LogP contribution in [0.3, 0.4) is 0 Å². The summed E-state index contributed by atoms with van der Waals surface area (Å²) < 4.78 is 14.9. The molecule has 0 aromatic heterocycles. The van der Waals surface area contributed by atoms with Crippen molar-refractivity contribution in [2.24, 2.45) is 4.99 Å². The van der Waals surface area contributed by atoms with Crippen molar-refractivity contribution in [2.75, 3.05) is 0 Å². The minimum absolute atomic E-state index is 0.0293. The van der Waals surface area contributed by atoms with Gasteiger partial charge in [-0.05, 0) is 45.9 Å². The Hall–Kier alpha value is -3.91.